The van der Waals surface area contributed by atoms with Crippen LogP contribution in [0, 0.1) is 12.3 Å². The van der Waals surface area contributed by atoms with Crippen molar-refractivity contribution in [1.29, 1.82) is 0 Å². The minimum atomic E-state index is -0.276. The van der Waals surface area contributed by atoms with Gasteiger partial charge in [-0.05, 0) is 24.3 Å². The molecule has 29 heavy (non-hydrogen) atoms. The smallest absolute Gasteiger partial charge is 0.254 e. The van der Waals surface area contributed by atoms with Gasteiger partial charge in [-0.1, -0.05) is 30.2 Å². The van der Waals surface area contributed by atoms with Gasteiger partial charge in [0.25, 0.3) is 11.5 Å². The fourth-order valence-electron chi connectivity index (χ4n) is 2.82. The maximum absolute atomic E-state index is 12.1. The quantitative estimate of drug-likeness (QED) is 0.659. The van der Waals surface area contributed by atoms with Crippen LogP contribution in [0.1, 0.15) is 10.4 Å². The molecule has 3 aromatic rings. The van der Waals surface area contributed by atoms with Gasteiger partial charge in [0.2, 0.25) is 0 Å². The van der Waals surface area contributed by atoms with Crippen LogP contribution >= 0.6 is 0 Å². The molecule has 0 saturated heterocycles. The lowest BCUT2D eigenvalue weighted by atomic mass is 10.1. The molecule has 0 aliphatic heterocycles. The molecule has 3 rings (SSSR count). The van der Waals surface area contributed by atoms with Crippen LogP contribution in [0.25, 0.3) is 11.1 Å². The average Bonchev–Trinajstić information content (AvgIpc) is 2.74. The highest BCUT2D eigenvalue weighted by Crippen LogP contribution is 2.37. The lowest BCUT2D eigenvalue weighted by Gasteiger charge is -2.15. The maximum atomic E-state index is 12.1. The maximum Gasteiger partial charge on any atom is 0.254 e. The van der Waals surface area contributed by atoms with Gasteiger partial charge in [-0.15, -0.1) is 6.42 Å². The third-order valence-corrected chi connectivity index (χ3v) is 4.26. The summed E-state index contributed by atoms with van der Waals surface area (Å²) < 4.78 is 12.9. The van der Waals surface area contributed by atoms with E-state index >= 15 is 0 Å². The van der Waals surface area contributed by atoms with E-state index in [-0.39, 0.29) is 18.0 Å². The zero-order valence-corrected chi connectivity index (χ0v) is 16.1. The first kappa shape index (κ1) is 19.8. The first-order chi connectivity index (χ1) is 14.0. The monoisotopic (exact) mass is 388 g/mol. The highest BCUT2D eigenvalue weighted by molar-refractivity contribution is 5.94. The second kappa shape index (κ2) is 8.81. The van der Waals surface area contributed by atoms with E-state index in [0.29, 0.717) is 28.4 Å². The van der Waals surface area contributed by atoms with Gasteiger partial charge in [-0.25, -0.2) is 0 Å². The minimum Gasteiger partial charge on any atom is -0.496 e. The van der Waals surface area contributed by atoms with E-state index in [2.05, 4.69) is 11.2 Å². The van der Waals surface area contributed by atoms with Crippen molar-refractivity contribution in [3.8, 4) is 40.7 Å². The number of aromatic nitrogens is 1. The van der Waals surface area contributed by atoms with Crippen LogP contribution in [-0.2, 0) is 7.05 Å². The lowest BCUT2D eigenvalue weighted by Crippen LogP contribution is -2.23. The summed E-state index contributed by atoms with van der Waals surface area (Å²) in [4.78, 5) is 24.1. The molecule has 2 aromatic carbocycles. The summed E-state index contributed by atoms with van der Waals surface area (Å²) in [6, 6.07) is 15.6. The van der Waals surface area contributed by atoms with Crippen molar-refractivity contribution in [2.75, 3.05) is 13.7 Å². The Kier molecular flexibility index (Phi) is 6.00. The summed E-state index contributed by atoms with van der Waals surface area (Å²) in [5, 5.41) is 2.62. The number of carbonyl (C=O) groups excluding carboxylic acids is 1. The van der Waals surface area contributed by atoms with Crippen molar-refractivity contribution >= 4 is 5.91 Å². The van der Waals surface area contributed by atoms with E-state index in [4.69, 9.17) is 15.9 Å². The van der Waals surface area contributed by atoms with Crippen molar-refractivity contribution < 1.29 is 14.3 Å². The molecule has 0 spiro atoms. The number of ether oxygens (including phenoxy) is 2. The molecule has 1 amide bonds. The van der Waals surface area contributed by atoms with Crippen molar-refractivity contribution in [3.05, 3.63) is 76.7 Å². The van der Waals surface area contributed by atoms with E-state index in [1.54, 1.807) is 37.5 Å². The number of amides is 1. The third kappa shape index (κ3) is 4.47. The Morgan fingerprint density at radius 2 is 1.90 bits per heavy atom. The molecule has 0 fully saturated rings. The fourth-order valence-corrected chi connectivity index (χ4v) is 2.82. The predicted octanol–water partition coefficient (Wildman–Crippen LogP) is 3.22. The van der Waals surface area contributed by atoms with E-state index in [0.717, 1.165) is 5.56 Å². The van der Waals surface area contributed by atoms with E-state index in [9.17, 15) is 9.59 Å². The molecule has 0 unspecified atom stereocenters. The normalized spacial score (nSPS) is 10.1. The summed E-state index contributed by atoms with van der Waals surface area (Å²) in [6.07, 6.45) is 6.88. The van der Waals surface area contributed by atoms with E-state index in [1.165, 1.54) is 17.7 Å². The van der Waals surface area contributed by atoms with Gasteiger partial charge in [0.1, 0.15) is 17.2 Å². The summed E-state index contributed by atoms with van der Waals surface area (Å²) in [7, 11) is 3.19. The number of para-hydroxylation sites is 1. The Morgan fingerprint density at radius 1 is 1.10 bits per heavy atom. The number of carbonyl (C=O) groups is 1. The van der Waals surface area contributed by atoms with E-state index < -0.39 is 0 Å². The Bertz CT molecular complexity index is 1140. The highest BCUT2D eigenvalue weighted by atomic mass is 16.5. The number of terminal acetylenes is 1. The van der Waals surface area contributed by atoms with Crippen LogP contribution in [0.5, 0.6) is 17.2 Å². The SMILES string of the molecule is C#CCNC(=O)c1cccc(Oc2ccccc2-c2cn(C)c(=O)cc2OC)c1. The average molecular weight is 388 g/mol. The molecule has 0 bridgehead atoms. The van der Waals surface area contributed by atoms with Crippen LogP contribution in [0.4, 0.5) is 0 Å². The summed E-state index contributed by atoms with van der Waals surface area (Å²) >= 11 is 0. The van der Waals surface area contributed by atoms with Crippen LogP contribution < -0.4 is 20.3 Å². The first-order valence-corrected chi connectivity index (χ1v) is 8.87. The Balaban J connectivity index is 1.98. The minimum absolute atomic E-state index is 0.152. The van der Waals surface area contributed by atoms with Gasteiger partial charge >= 0.3 is 0 Å². The number of nitrogens with zero attached hydrogens (tertiary/aromatic N) is 1. The second-order valence-corrected chi connectivity index (χ2v) is 6.22. The van der Waals surface area contributed by atoms with Gasteiger partial charge in [0.05, 0.1) is 13.7 Å². The molecular formula is C23H20N2O4. The molecule has 1 N–H and O–H groups in total. The molecule has 0 aliphatic rings. The molecule has 6 heteroatoms. The van der Waals surface area contributed by atoms with Gasteiger partial charge in [-0.3, -0.25) is 9.59 Å². The van der Waals surface area contributed by atoms with E-state index in [1.807, 2.05) is 24.3 Å². The van der Waals surface area contributed by atoms with Crippen molar-refractivity contribution in [3.63, 3.8) is 0 Å². The van der Waals surface area contributed by atoms with Crippen molar-refractivity contribution in [2.45, 2.75) is 0 Å². The number of hydrogen-bond donors (Lipinski definition) is 1. The molecule has 146 valence electrons. The van der Waals surface area contributed by atoms with Gasteiger partial charge in [0, 0.05) is 36.0 Å². The third-order valence-electron chi connectivity index (χ3n) is 4.26. The summed E-state index contributed by atoms with van der Waals surface area (Å²) in [5.74, 6) is 3.60. The number of rotatable bonds is 6. The van der Waals surface area contributed by atoms with Crippen LogP contribution in [0.15, 0.2) is 65.6 Å². The molecule has 1 heterocycles. The first-order valence-electron chi connectivity index (χ1n) is 8.87. The Hall–Kier alpha value is -3.98. The topological polar surface area (TPSA) is 69.6 Å². The van der Waals surface area contributed by atoms with Crippen LogP contribution in [0.2, 0.25) is 0 Å². The number of aryl methyl sites for hydroxylation is 1. The summed E-state index contributed by atoms with van der Waals surface area (Å²) in [5.41, 5.74) is 1.74. The molecule has 0 atom stereocenters. The number of hydrogen-bond acceptors (Lipinski definition) is 4. The largest absolute Gasteiger partial charge is 0.496 e. The molecule has 0 saturated carbocycles. The second-order valence-electron chi connectivity index (χ2n) is 6.22. The zero-order chi connectivity index (χ0) is 20.8. The molecule has 6 nitrogen and oxygen atoms in total. The van der Waals surface area contributed by atoms with Crippen LogP contribution in [0.3, 0.4) is 0 Å². The standard InChI is InChI=1S/C23H20N2O4/c1-4-12-24-23(27)16-8-7-9-17(13-16)29-20-11-6-5-10-18(20)19-15-25(2)22(26)14-21(19)28-3/h1,5-11,13-15H,12H2,2-3H3,(H,24,27). The molecule has 0 radical (unpaired) electrons. The molecule has 1 aromatic heterocycles. The molecular weight excluding hydrogens is 368 g/mol. The highest BCUT2D eigenvalue weighted by Gasteiger charge is 2.14. The number of methoxy groups -OCH3 is 1. The number of benzene rings is 2. The van der Waals surface area contributed by atoms with Crippen molar-refractivity contribution in [2.24, 2.45) is 7.05 Å². The Labute approximate surface area is 168 Å². The number of nitrogens with one attached hydrogen (secondary N) is 1. The van der Waals surface area contributed by atoms with Gasteiger partial charge in [0.15, 0.2) is 0 Å². The number of pyridine rings is 1. The molecule has 0 aliphatic carbocycles. The Morgan fingerprint density at radius 3 is 2.66 bits per heavy atom. The van der Waals surface area contributed by atoms with Gasteiger partial charge in [-0.2, -0.15) is 0 Å². The van der Waals surface area contributed by atoms with Crippen molar-refractivity contribution in [1.82, 2.24) is 9.88 Å². The summed E-state index contributed by atoms with van der Waals surface area (Å²) in [6.45, 7) is 0.152. The van der Waals surface area contributed by atoms with Gasteiger partial charge < -0.3 is 19.4 Å². The zero-order valence-electron chi connectivity index (χ0n) is 16.1. The predicted molar refractivity (Wildman–Crippen MR) is 111 cm³/mol. The van der Waals surface area contributed by atoms with Crippen LogP contribution in [-0.4, -0.2) is 24.1 Å². The fraction of sp³-hybridized carbons (Fsp3) is 0.130. The lowest BCUT2D eigenvalue weighted by molar-refractivity contribution is 0.0958.